The minimum absolute atomic E-state index is 0.205. The van der Waals surface area contributed by atoms with Crippen molar-refractivity contribution in [3.8, 4) is 11.1 Å². The molecule has 0 amide bonds. The van der Waals surface area contributed by atoms with E-state index in [2.05, 4.69) is 40.5 Å². The second-order valence-corrected chi connectivity index (χ2v) is 6.93. The lowest BCUT2D eigenvalue weighted by molar-refractivity contribution is -0.108. The van der Waals surface area contributed by atoms with Crippen molar-refractivity contribution in [1.29, 1.82) is 0 Å². The van der Waals surface area contributed by atoms with E-state index in [4.69, 9.17) is 11.6 Å². The van der Waals surface area contributed by atoms with E-state index in [0.717, 1.165) is 40.4 Å². The number of nitrogens with zero attached hydrogens (tertiary/aromatic N) is 1. The Morgan fingerprint density at radius 2 is 1.81 bits per heavy atom. The molecule has 1 aliphatic rings. The summed E-state index contributed by atoms with van der Waals surface area (Å²) in [6.07, 6.45) is 0.978. The highest BCUT2D eigenvalue weighted by molar-refractivity contribution is 6.30. The first-order chi connectivity index (χ1) is 12.7. The monoisotopic (exact) mass is 362 g/mol. The van der Waals surface area contributed by atoms with Crippen LogP contribution in [0.15, 0.2) is 72.8 Å². The predicted molar refractivity (Wildman–Crippen MR) is 108 cm³/mol. The van der Waals surface area contributed by atoms with Gasteiger partial charge in [0.25, 0.3) is 0 Å². The number of rotatable bonds is 4. The van der Waals surface area contributed by atoms with E-state index in [1.165, 1.54) is 5.56 Å². The van der Waals surface area contributed by atoms with E-state index in [0.29, 0.717) is 6.54 Å². The Kier molecular flexibility index (Phi) is 4.63. The molecule has 0 aliphatic carbocycles. The molecule has 1 unspecified atom stereocenters. The van der Waals surface area contributed by atoms with Gasteiger partial charge in [0, 0.05) is 18.1 Å². The molecule has 3 aromatic rings. The smallest absolute Gasteiger partial charge is 0.144 e. The summed E-state index contributed by atoms with van der Waals surface area (Å²) in [5, 5.41) is 4.04. The van der Waals surface area contributed by atoms with E-state index in [1.54, 1.807) is 0 Å². The van der Waals surface area contributed by atoms with Crippen LogP contribution in [0.5, 0.6) is 0 Å². The van der Waals surface area contributed by atoms with Crippen LogP contribution in [-0.2, 0) is 11.3 Å². The molecular weight excluding hydrogens is 344 g/mol. The van der Waals surface area contributed by atoms with Crippen molar-refractivity contribution in [2.45, 2.75) is 12.6 Å². The summed E-state index contributed by atoms with van der Waals surface area (Å²) in [7, 11) is 0. The lowest BCUT2D eigenvalue weighted by Crippen LogP contribution is -2.42. The van der Waals surface area contributed by atoms with Crippen LogP contribution in [0.4, 0.5) is 11.4 Å². The molecule has 1 N–H and O–H groups in total. The van der Waals surface area contributed by atoms with Gasteiger partial charge in [-0.2, -0.15) is 0 Å². The van der Waals surface area contributed by atoms with Crippen LogP contribution in [-0.4, -0.2) is 18.9 Å². The van der Waals surface area contributed by atoms with Crippen LogP contribution in [0.3, 0.4) is 0 Å². The normalized spacial score (nSPS) is 15.9. The molecule has 1 aliphatic heterocycles. The van der Waals surface area contributed by atoms with Crippen molar-refractivity contribution in [3.63, 3.8) is 0 Å². The van der Waals surface area contributed by atoms with Gasteiger partial charge in [0.1, 0.15) is 6.29 Å². The van der Waals surface area contributed by atoms with Gasteiger partial charge in [0.2, 0.25) is 0 Å². The minimum atomic E-state index is -0.205. The zero-order chi connectivity index (χ0) is 17.9. The highest BCUT2D eigenvalue weighted by Crippen LogP contribution is 2.36. The van der Waals surface area contributed by atoms with E-state index in [1.807, 2.05) is 42.5 Å². The molecule has 0 saturated heterocycles. The maximum absolute atomic E-state index is 11.4. The van der Waals surface area contributed by atoms with Crippen LogP contribution in [0.1, 0.15) is 5.56 Å². The fraction of sp³-hybridized carbons (Fsp3) is 0.136. The maximum Gasteiger partial charge on any atom is 0.144 e. The van der Waals surface area contributed by atoms with Gasteiger partial charge in [-0.05, 0) is 41.0 Å². The number of carbonyl (C=O) groups is 1. The van der Waals surface area contributed by atoms with Crippen molar-refractivity contribution in [2.24, 2.45) is 0 Å². The number of fused-ring (bicyclic) bond motifs is 1. The van der Waals surface area contributed by atoms with Gasteiger partial charge in [-0.15, -0.1) is 0 Å². The standard InChI is InChI=1S/C22H19ClN2O/c23-19-8-4-7-17(11-19)18-9-10-21-22(12-18)25(14-20(15-26)24-21)13-16-5-2-1-3-6-16/h1-12,15,20,24H,13-14H2. The molecule has 3 aromatic carbocycles. The van der Waals surface area contributed by atoms with Gasteiger partial charge in [-0.1, -0.05) is 60.1 Å². The van der Waals surface area contributed by atoms with Gasteiger partial charge in [0.05, 0.1) is 17.4 Å². The summed E-state index contributed by atoms with van der Waals surface area (Å²) in [6.45, 7) is 1.41. The lowest BCUT2D eigenvalue weighted by atomic mass is 10.0. The number of nitrogens with one attached hydrogen (secondary N) is 1. The summed E-state index contributed by atoms with van der Waals surface area (Å²) in [5.74, 6) is 0. The molecule has 0 spiro atoms. The zero-order valence-corrected chi connectivity index (χ0v) is 15.0. The molecule has 130 valence electrons. The molecule has 26 heavy (non-hydrogen) atoms. The van der Waals surface area contributed by atoms with Crippen molar-refractivity contribution >= 4 is 29.3 Å². The van der Waals surface area contributed by atoms with Gasteiger partial charge < -0.3 is 15.0 Å². The second-order valence-electron chi connectivity index (χ2n) is 6.50. The largest absolute Gasteiger partial charge is 0.372 e. The van der Waals surface area contributed by atoms with Crippen LogP contribution in [0.2, 0.25) is 5.02 Å². The Labute approximate surface area is 158 Å². The van der Waals surface area contributed by atoms with E-state index in [-0.39, 0.29) is 6.04 Å². The Morgan fingerprint density at radius 3 is 2.58 bits per heavy atom. The predicted octanol–water partition coefficient (Wildman–Crippen LogP) is 5.01. The van der Waals surface area contributed by atoms with Crippen molar-refractivity contribution in [3.05, 3.63) is 83.4 Å². The average molecular weight is 363 g/mol. The molecule has 1 heterocycles. The van der Waals surface area contributed by atoms with Crippen molar-refractivity contribution in [1.82, 2.24) is 0 Å². The van der Waals surface area contributed by atoms with E-state index in [9.17, 15) is 4.79 Å². The van der Waals surface area contributed by atoms with Crippen LogP contribution in [0, 0.1) is 0 Å². The minimum Gasteiger partial charge on any atom is -0.372 e. The molecule has 0 radical (unpaired) electrons. The fourth-order valence-electron chi connectivity index (χ4n) is 3.37. The maximum atomic E-state index is 11.4. The highest BCUT2D eigenvalue weighted by Gasteiger charge is 2.24. The summed E-state index contributed by atoms with van der Waals surface area (Å²) < 4.78 is 0. The quantitative estimate of drug-likeness (QED) is 0.662. The number of carbonyl (C=O) groups excluding carboxylic acids is 1. The number of hydrogen-bond acceptors (Lipinski definition) is 3. The van der Waals surface area contributed by atoms with Gasteiger partial charge in [-0.3, -0.25) is 0 Å². The third-order valence-electron chi connectivity index (χ3n) is 4.63. The number of aldehydes is 1. The molecule has 0 aromatic heterocycles. The number of anilines is 2. The van der Waals surface area contributed by atoms with Crippen molar-refractivity contribution < 1.29 is 4.79 Å². The van der Waals surface area contributed by atoms with Crippen LogP contribution < -0.4 is 10.2 Å². The molecular formula is C22H19ClN2O. The van der Waals surface area contributed by atoms with Gasteiger partial charge in [-0.25, -0.2) is 0 Å². The van der Waals surface area contributed by atoms with E-state index >= 15 is 0 Å². The Morgan fingerprint density at radius 1 is 1.00 bits per heavy atom. The third kappa shape index (κ3) is 3.44. The molecule has 1 atom stereocenters. The van der Waals surface area contributed by atoms with Gasteiger partial charge >= 0.3 is 0 Å². The second kappa shape index (κ2) is 7.22. The highest BCUT2D eigenvalue weighted by atomic mass is 35.5. The summed E-state index contributed by atoms with van der Waals surface area (Å²) in [5.41, 5.74) is 5.49. The SMILES string of the molecule is O=CC1CN(Cc2ccccc2)c2cc(-c3cccc(Cl)c3)ccc2N1. The fourth-order valence-corrected chi connectivity index (χ4v) is 3.56. The topological polar surface area (TPSA) is 32.3 Å². The number of hydrogen-bond donors (Lipinski definition) is 1. The third-order valence-corrected chi connectivity index (χ3v) is 4.87. The Hall–Kier alpha value is -2.78. The Bertz CT molecular complexity index is 926. The number of benzene rings is 3. The molecule has 0 bridgehead atoms. The first-order valence-corrected chi connectivity index (χ1v) is 9.01. The Balaban J connectivity index is 1.73. The average Bonchev–Trinajstić information content (AvgIpc) is 2.68. The molecule has 0 fully saturated rings. The van der Waals surface area contributed by atoms with Crippen molar-refractivity contribution in [2.75, 3.05) is 16.8 Å². The molecule has 4 heteroatoms. The molecule has 3 nitrogen and oxygen atoms in total. The summed E-state index contributed by atoms with van der Waals surface area (Å²) in [4.78, 5) is 13.6. The van der Waals surface area contributed by atoms with Crippen LogP contribution in [0.25, 0.3) is 11.1 Å². The summed E-state index contributed by atoms with van der Waals surface area (Å²) >= 11 is 6.15. The first-order valence-electron chi connectivity index (χ1n) is 8.63. The van der Waals surface area contributed by atoms with Gasteiger partial charge in [0.15, 0.2) is 0 Å². The molecule has 4 rings (SSSR count). The summed E-state index contributed by atoms with van der Waals surface area (Å²) in [6, 6.07) is 24.2. The lowest BCUT2D eigenvalue weighted by Gasteiger charge is -2.35. The zero-order valence-electron chi connectivity index (χ0n) is 14.2. The number of halogens is 1. The first kappa shape index (κ1) is 16.7. The van der Waals surface area contributed by atoms with E-state index < -0.39 is 0 Å². The molecule has 0 saturated carbocycles. The van der Waals surface area contributed by atoms with Crippen LogP contribution >= 0.6 is 11.6 Å².